The molecular weight excluding hydrogens is 424 g/mol. The second kappa shape index (κ2) is 9.04. The Labute approximate surface area is 189 Å². The van der Waals surface area contributed by atoms with Gasteiger partial charge in [-0.05, 0) is 68.3 Å². The highest BCUT2D eigenvalue weighted by Gasteiger charge is 2.34. The van der Waals surface area contributed by atoms with E-state index in [-0.39, 0.29) is 23.4 Å². The lowest BCUT2D eigenvalue weighted by molar-refractivity contribution is -0.117. The molecule has 0 bridgehead atoms. The van der Waals surface area contributed by atoms with Crippen LogP contribution < -0.4 is 13.9 Å². The SMILES string of the molecule is CCOc1ccc(S(=O)(=O)N(CC(=O)N2c3ccccc3CC2C)c2ccccc2)cc1. The van der Waals surface area contributed by atoms with Gasteiger partial charge in [0, 0.05) is 11.7 Å². The van der Waals surface area contributed by atoms with E-state index in [0.29, 0.717) is 18.0 Å². The molecule has 0 aromatic heterocycles. The highest BCUT2D eigenvalue weighted by atomic mass is 32.2. The maximum Gasteiger partial charge on any atom is 0.264 e. The van der Waals surface area contributed by atoms with E-state index in [0.717, 1.165) is 17.7 Å². The van der Waals surface area contributed by atoms with Gasteiger partial charge >= 0.3 is 0 Å². The molecule has 1 unspecified atom stereocenters. The van der Waals surface area contributed by atoms with E-state index in [1.165, 1.54) is 16.4 Å². The molecule has 7 heteroatoms. The van der Waals surface area contributed by atoms with Gasteiger partial charge in [-0.2, -0.15) is 0 Å². The third-order valence-electron chi connectivity index (χ3n) is 5.52. The number of fused-ring (bicyclic) bond motifs is 1. The van der Waals surface area contributed by atoms with E-state index in [1.807, 2.05) is 44.2 Å². The largest absolute Gasteiger partial charge is 0.494 e. The Bertz CT molecular complexity index is 1190. The molecule has 3 aromatic rings. The van der Waals surface area contributed by atoms with Crippen molar-refractivity contribution < 1.29 is 17.9 Å². The molecule has 0 aliphatic carbocycles. The normalized spacial score (nSPS) is 15.3. The van der Waals surface area contributed by atoms with Crippen molar-refractivity contribution in [2.45, 2.75) is 31.2 Å². The molecule has 1 amide bonds. The summed E-state index contributed by atoms with van der Waals surface area (Å²) in [5.41, 5.74) is 2.38. The van der Waals surface area contributed by atoms with Gasteiger partial charge in [0.1, 0.15) is 12.3 Å². The maximum absolute atomic E-state index is 13.6. The first-order valence-electron chi connectivity index (χ1n) is 10.6. The maximum atomic E-state index is 13.6. The van der Waals surface area contributed by atoms with Gasteiger partial charge < -0.3 is 9.64 Å². The summed E-state index contributed by atoms with van der Waals surface area (Å²) >= 11 is 0. The number of amides is 1. The number of ether oxygens (including phenoxy) is 1. The molecule has 1 heterocycles. The van der Waals surface area contributed by atoms with E-state index < -0.39 is 10.0 Å². The molecule has 3 aromatic carbocycles. The molecule has 0 saturated heterocycles. The van der Waals surface area contributed by atoms with Crippen LogP contribution in [0.25, 0.3) is 0 Å². The summed E-state index contributed by atoms with van der Waals surface area (Å²) in [6.45, 7) is 4.04. The molecule has 0 fully saturated rings. The fourth-order valence-electron chi connectivity index (χ4n) is 4.06. The Morgan fingerprint density at radius 1 is 1.00 bits per heavy atom. The first kappa shape index (κ1) is 21.9. The van der Waals surface area contributed by atoms with Gasteiger partial charge in [0.2, 0.25) is 5.91 Å². The number of para-hydroxylation sites is 2. The van der Waals surface area contributed by atoms with E-state index in [2.05, 4.69) is 0 Å². The molecule has 1 aliphatic heterocycles. The third kappa shape index (κ3) is 4.21. The van der Waals surface area contributed by atoms with Crippen molar-refractivity contribution in [3.8, 4) is 5.75 Å². The average Bonchev–Trinajstić information content (AvgIpc) is 3.14. The minimum Gasteiger partial charge on any atom is -0.494 e. The first-order chi connectivity index (χ1) is 15.4. The molecule has 6 nitrogen and oxygen atoms in total. The van der Waals surface area contributed by atoms with Gasteiger partial charge in [-0.1, -0.05) is 36.4 Å². The van der Waals surface area contributed by atoms with Gasteiger partial charge in [-0.25, -0.2) is 8.42 Å². The summed E-state index contributed by atoms with van der Waals surface area (Å²) in [7, 11) is -3.98. The number of anilines is 2. The van der Waals surface area contributed by atoms with Gasteiger partial charge in [-0.15, -0.1) is 0 Å². The molecule has 0 saturated carbocycles. The summed E-state index contributed by atoms with van der Waals surface area (Å²) < 4.78 is 33.8. The second-order valence-electron chi connectivity index (χ2n) is 7.70. The zero-order valence-electron chi connectivity index (χ0n) is 18.1. The average molecular weight is 451 g/mol. The zero-order valence-corrected chi connectivity index (χ0v) is 19.0. The minimum atomic E-state index is -3.98. The lowest BCUT2D eigenvalue weighted by Gasteiger charge is -2.29. The molecule has 4 rings (SSSR count). The first-order valence-corrected chi connectivity index (χ1v) is 12.1. The van der Waals surface area contributed by atoms with E-state index >= 15 is 0 Å². The third-order valence-corrected chi connectivity index (χ3v) is 7.31. The molecule has 0 radical (unpaired) electrons. The van der Waals surface area contributed by atoms with Crippen LogP contribution in [0.5, 0.6) is 5.75 Å². The van der Waals surface area contributed by atoms with Gasteiger partial charge in [0.25, 0.3) is 10.0 Å². The zero-order chi connectivity index (χ0) is 22.7. The lowest BCUT2D eigenvalue weighted by Crippen LogP contribution is -2.45. The van der Waals surface area contributed by atoms with Crippen LogP contribution in [0.1, 0.15) is 19.4 Å². The number of hydrogen-bond donors (Lipinski definition) is 0. The van der Waals surface area contributed by atoms with Crippen LogP contribution in [0, 0.1) is 0 Å². The van der Waals surface area contributed by atoms with Crippen molar-refractivity contribution in [2.75, 3.05) is 22.4 Å². The van der Waals surface area contributed by atoms with E-state index in [9.17, 15) is 13.2 Å². The number of nitrogens with zero attached hydrogens (tertiary/aromatic N) is 2. The Morgan fingerprint density at radius 2 is 1.66 bits per heavy atom. The predicted octanol–water partition coefficient (Wildman–Crippen LogP) is 4.26. The fraction of sp³-hybridized carbons (Fsp3) is 0.240. The van der Waals surface area contributed by atoms with Crippen molar-refractivity contribution in [3.63, 3.8) is 0 Å². The summed E-state index contributed by atoms with van der Waals surface area (Å²) in [5, 5.41) is 0. The molecule has 0 N–H and O–H groups in total. The van der Waals surface area contributed by atoms with Crippen LogP contribution in [-0.4, -0.2) is 33.5 Å². The van der Waals surface area contributed by atoms with Crippen LogP contribution in [0.15, 0.2) is 83.8 Å². The fourth-order valence-corrected chi connectivity index (χ4v) is 5.47. The van der Waals surface area contributed by atoms with E-state index in [1.54, 1.807) is 41.3 Å². The Hall–Kier alpha value is -3.32. The minimum absolute atomic E-state index is 0.0364. The summed E-state index contributed by atoms with van der Waals surface area (Å²) in [6.07, 6.45) is 0.749. The second-order valence-corrected chi connectivity index (χ2v) is 9.56. The topological polar surface area (TPSA) is 66.9 Å². The number of benzene rings is 3. The Morgan fingerprint density at radius 3 is 2.34 bits per heavy atom. The van der Waals surface area contributed by atoms with Crippen molar-refractivity contribution in [1.82, 2.24) is 0 Å². The van der Waals surface area contributed by atoms with Crippen LogP contribution in [0.4, 0.5) is 11.4 Å². The van der Waals surface area contributed by atoms with Gasteiger partial charge in [0.05, 0.1) is 17.2 Å². The molecule has 1 aliphatic rings. The van der Waals surface area contributed by atoms with E-state index in [4.69, 9.17) is 4.74 Å². The lowest BCUT2D eigenvalue weighted by atomic mass is 10.1. The van der Waals surface area contributed by atoms with Crippen molar-refractivity contribution in [3.05, 3.63) is 84.4 Å². The molecule has 1 atom stereocenters. The summed E-state index contributed by atoms with van der Waals surface area (Å²) in [5.74, 6) is 0.331. The van der Waals surface area contributed by atoms with Crippen LogP contribution in [0.3, 0.4) is 0 Å². The highest BCUT2D eigenvalue weighted by Crippen LogP contribution is 2.33. The highest BCUT2D eigenvalue weighted by molar-refractivity contribution is 7.92. The molecular formula is C25H26N2O4S. The van der Waals surface area contributed by atoms with Crippen LogP contribution in [0.2, 0.25) is 0 Å². The predicted molar refractivity (Wildman–Crippen MR) is 126 cm³/mol. The number of carbonyl (C=O) groups excluding carboxylic acids is 1. The summed E-state index contributed by atoms with van der Waals surface area (Å²) in [6, 6.07) is 22.7. The molecule has 0 spiro atoms. The van der Waals surface area contributed by atoms with Crippen molar-refractivity contribution in [1.29, 1.82) is 0 Å². The van der Waals surface area contributed by atoms with Crippen molar-refractivity contribution >= 4 is 27.3 Å². The van der Waals surface area contributed by atoms with Crippen LogP contribution in [-0.2, 0) is 21.2 Å². The number of carbonyl (C=O) groups is 1. The smallest absolute Gasteiger partial charge is 0.264 e. The Kier molecular flexibility index (Phi) is 6.19. The van der Waals surface area contributed by atoms with Gasteiger partial charge in [-0.3, -0.25) is 9.10 Å². The quantitative estimate of drug-likeness (QED) is 0.540. The number of sulfonamides is 1. The van der Waals surface area contributed by atoms with Crippen LogP contribution >= 0.6 is 0 Å². The standard InChI is InChI=1S/C25H26N2O4S/c1-3-31-22-13-15-23(16-14-22)32(29,30)26(21-10-5-4-6-11-21)18-25(28)27-19(2)17-20-9-7-8-12-24(20)27/h4-16,19H,3,17-18H2,1-2H3. The Balaban J connectivity index is 1.68. The number of rotatable bonds is 7. The molecule has 166 valence electrons. The van der Waals surface area contributed by atoms with Gasteiger partial charge in [0.15, 0.2) is 0 Å². The van der Waals surface area contributed by atoms with Crippen molar-refractivity contribution in [2.24, 2.45) is 0 Å². The summed E-state index contributed by atoms with van der Waals surface area (Å²) in [4.78, 5) is 15.2. The monoisotopic (exact) mass is 450 g/mol. The molecule has 32 heavy (non-hydrogen) atoms. The number of hydrogen-bond acceptors (Lipinski definition) is 4.